The van der Waals surface area contributed by atoms with E-state index in [1.54, 1.807) is 11.4 Å². The molecular formula is C14H32N4O2S. The lowest BCUT2D eigenvalue weighted by molar-refractivity contribution is 0.150. The lowest BCUT2D eigenvalue weighted by Gasteiger charge is -2.37. The van der Waals surface area contributed by atoms with Gasteiger partial charge in [-0.25, -0.2) is 0 Å². The van der Waals surface area contributed by atoms with Crippen molar-refractivity contribution >= 4 is 10.2 Å². The predicted molar refractivity (Wildman–Crippen MR) is 87.6 cm³/mol. The van der Waals surface area contributed by atoms with Crippen molar-refractivity contribution in [3.63, 3.8) is 0 Å². The van der Waals surface area contributed by atoms with Gasteiger partial charge in [0.15, 0.2) is 0 Å². The molecule has 0 aromatic rings. The Labute approximate surface area is 130 Å². The van der Waals surface area contributed by atoms with Crippen molar-refractivity contribution in [2.24, 2.45) is 0 Å². The van der Waals surface area contributed by atoms with E-state index in [0.717, 1.165) is 26.1 Å². The Morgan fingerprint density at radius 3 is 2.14 bits per heavy atom. The van der Waals surface area contributed by atoms with Crippen molar-refractivity contribution in [1.82, 2.24) is 18.8 Å². The van der Waals surface area contributed by atoms with Crippen molar-refractivity contribution in [2.75, 3.05) is 46.3 Å². The molecule has 1 aliphatic heterocycles. The van der Waals surface area contributed by atoms with Crippen LogP contribution in [0.5, 0.6) is 0 Å². The SMILES string of the molecule is CC(C)NCCCN(C)S(=O)(=O)N1CCN(C(C)C)CC1. The van der Waals surface area contributed by atoms with E-state index in [4.69, 9.17) is 0 Å². The lowest BCUT2D eigenvalue weighted by atomic mass is 10.3. The van der Waals surface area contributed by atoms with E-state index < -0.39 is 10.2 Å². The maximum absolute atomic E-state index is 12.5. The molecule has 0 radical (unpaired) electrons. The number of hydrogen-bond donors (Lipinski definition) is 1. The largest absolute Gasteiger partial charge is 0.314 e. The van der Waals surface area contributed by atoms with E-state index in [9.17, 15) is 8.42 Å². The van der Waals surface area contributed by atoms with Crippen molar-refractivity contribution in [3.8, 4) is 0 Å². The second-order valence-electron chi connectivity index (χ2n) is 6.32. The average molecular weight is 321 g/mol. The van der Waals surface area contributed by atoms with Gasteiger partial charge in [-0.15, -0.1) is 0 Å². The van der Waals surface area contributed by atoms with E-state index in [-0.39, 0.29) is 0 Å². The summed E-state index contributed by atoms with van der Waals surface area (Å²) in [4.78, 5) is 2.32. The summed E-state index contributed by atoms with van der Waals surface area (Å²) in [7, 11) is -1.62. The fraction of sp³-hybridized carbons (Fsp3) is 1.00. The maximum atomic E-state index is 12.5. The summed E-state index contributed by atoms with van der Waals surface area (Å²) in [5, 5.41) is 3.31. The van der Waals surface area contributed by atoms with Crippen molar-refractivity contribution in [2.45, 2.75) is 46.2 Å². The molecule has 21 heavy (non-hydrogen) atoms. The zero-order chi connectivity index (χ0) is 16.0. The number of nitrogens with zero attached hydrogens (tertiary/aromatic N) is 3. The summed E-state index contributed by atoms with van der Waals surface area (Å²) in [5.74, 6) is 0. The standard InChI is InChI=1S/C14H32N4O2S/c1-13(2)15-7-6-8-16(5)21(19,20)18-11-9-17(10-12-18)14(3)4/h13-15H,6-12H2,1-5H3. The second-order valence-corrected chi connectivity index (χ2v) is 8.36. The Bertz CT molecular complexity index is 390. The molecule has 0 aromatic carbocycles. The maximum Gasteiger partial charge on any atom is 0.281 e. The van der Waals surface area contributed by atoms with E-state index in [1.165, 1.54) is 4.31 Å². The van der Waals surface area contributed by atoms with Crippen LogP contribution in [-0.4, -0.2) is 80.3 Å². The molecule has 126 valence electrons. The van der Waals surface area contributed by atoms with Gasteiger partial charge in [0, 0.05) is 51.9 Å². The molecular weight excluding hydrogens is 288 g/mol. The van der Waals surface area contributed by atoms with Gasteiger partial charge < -0.3 is 5.32 Å². The van der Waals surface area contributed by atoms with Crippen molar-refractivity contribution in [1.29, 1.82) is 0 Å². The highest BCUT2D eigenvalue weighted by Crippen LogP contribution is 2.12. The second kappa shape index (κ2) is 8.43. The Morgan fingerprint density at radius 2 is 1.67 bits per heavy atom. The third-order valence-electron chi connectivity index (χ3n) is 3.93. The summed E-state index contributed by atoms with van der Waals surface area (Å²) >= 11 is 0. The van der Waals surface area contributed by atoms with Gasteiger partial charge in [-0.1, -0.05) is 13.8 Å². The van der Waals surface area contributed by atoms with Crippen molar-refractivity contribution < 1.29 is 8.42 Å². The monoisotopic (exact) mass is 320 g/mol. The molecule has 1 N–H and O–H groups in total. The van der Waals surface area contributed by atoms with Gasteiger partial charge in [-0.2, -0.15) is 17.0 Å². The molecule has 0 bridgehead atoms. The zero-order valence-corrected chi connectivity index (χ0v) is 15.0. The summed E-state index contributed by atoms with van der Waals surface area (Å²) < 4.78 is 28.1. The minimum absolute atomic E-state index is 0.441. The van der Waals surface area contributed by atoms with E-state index >= 15 is 0 Å². The van der Waals surface area contributed by atoms with Gasteiger partial charge in [0.2, 0.25) is 0 Å². The number of piperazine rings is 1. The first-order valence-electron chi connectivity index (χ1n) is 7.94. The van der Waals surface area contributed by atoms with Crippen LogP contribution in [0.2, 0.25) is 0 Å². The molecule has 0 atom stereocenters. The number of rotatable bonds is 8. The van der Waals surface area contributed by atoms with Gasteiger partial charge in [0.05, 0.1) is 0 Å². The molecule has 0 spiro atoms. The summed E-state index contributed by atoms with van der Waals surface area (Å²) in [6.45, 7) is 12.7. The predicted octanol–water partition coefficient (Wildman–Crippen LogP) is 0.577. The minimum Gasteiger partial charge on any atom is -0.314 e. The molecule has 6 nitrogen and oxygen atoms in total. The summed E-state index contributed by atoms with van der Waals surface area (Å²) in [5.41, 5.74) is 0. The first kappa shape index (κ1) is 18.8. The summed E-state index contributed by atoms with van der Waals surface area (Å²) in [6, 6.07) is 0.922. The van der Waals surface area contributed by atoms with E-state index in [2.05, 4.69) is 37.9 Å². The highest BCUT2D eigenvalue weighted by Gasteiger charge is 2.30. The Kier molecular flexibility index (Phi) is 7.56. The molecule has 1 saturated heterocycles. The molecule has 0 amide bonds. The molecule has 0 saturated carbocycles. The summed E-state index contributed by atoms with van der Waals surface area (Å²) in [6.07, 6.45) is 0.833. The van der Waals surface area contributed by atoms with Crippen LogP contribution in [0, 0.1) is 0 Å². The smallest absolute Gasteiger partial charge is 0.281 e. The van der Waals surface area contributed by atoms with E-state index in [0.29, 0.717) is 31.7 Å². The third-order valence-corrected chi connectivity index (χ3v) is 5.91. The number of nitrogens with one attached hydrogen (secondary N) is 1. The first-order chi connectivity index (χ1) is 9.75. The van der Waals surface area contributed by atoms with Crippen LogP contribution in [0.15, 0.2) is 0 Å². The quantitative estimate of drug-likeness (QED) is 0.665. The third kappa shape index (κ3) is 5.83. The van der Waals surface area contributed by atoms with Crippen LogP contribution in [-0.2, 0) is 10.2 Å². The Hall–Kier alpha value is -0.210. The van der Waals surface area contributed by atoms with Gasteiger partial charge >= 0.3 is 0 Å². The molecule has 0 unspecified atom stereocenters. The first-order valence-corrected chi connectivity index (χ1v) is 9.33. The highest BCUT2D eigenvalue weighted by molar-refractivity contribution is 7.86. The van der Waals surface area contributed by atoms with Gasteiger partial charge in [0.1, 0.15) is 0 Å². The highest BCUT2D eigenvalue weighted by atomic mass is 32.2. The lowest BCUT2D eigenvalue weighted by Crippen LogP contribution is -2.53. The zero-order valence-electron chi connectivity index (χ0n) is 14.2. The molecule has 0 aromatic heterocycles. The van der Waals surface area contributed by atoms with Crippen LogP contribution in [0.25, 0.3) is 0 Å². The van der Waals surface area contributed by atoms with Gasteiger partial charge in [0.25, 0.3) is 10.2 Å². The molecule has 0 aliphatic carbocycles. The van der Waals surface area contributed by atoms with Crippen LogP contribution >= 0.6 is 0 Å². The Balaban J connectivity index is 2.42. The normalized spacial score (nSPS) is 19.0. The average Bonchev–Trinajstić information content (AvgIpc) is 2.43. The van der Waals surface area contributed by atoms with Gasteiger partial charge in [-0.3, -0.25) is 4.90 Å². The Morgan fingerprint density at radius 1 is 1.10 bits per heavy atom. The van der Waals surface area contributed by atoms with Crippen LogP contribution in [0.3, 0.4) is 0 Å². The minimum atomic E-state index is -3.30. The fourth-order valence-electron chi connectivity index (χ4n) is 2.46. The molecule has 1 aliphatic rings. The van der Waals surface area contributed by atoms with Gasteiger partial charge in [-0.05, 0) is 26.8 Å². The topological polar surface area (TPSA) is 55.9 Å². The van der Waals surface area contributed by atoms with Crippen LogP contribution < -0.4 is 5.32 Å². The fourth-order valence-corrected chi connectivity index (χ4v) is 3.83. The molecule has 1 fully saturated rings. The molecule has 7 heteroatoms. The van der Waals surface area contributed by atoms with Crippen molar-refractivity contribution in [3.05, 3.63) is 0 Å². The number of hydrogen-bond acceptors (Lipinski definition) is 4. The molecule has 1 rings (SSSR count). The van der Waals surface area contributed by atoms with Crippen LogP contribution in [0.4, 0.5) is 0 Å². The van der Waals surface area contributed by atoms with Crippen LogP contribution in [0.1, 0.15) is 34.1 Å². The molecule has 1 heterocycles. The van der Waals surface area contributed by atoms with E-state index in [1.807, 2.05) is 0 Å².